The van der Waals surface area contributed by atoms with Crippen LogP contribution in [0.15, 0.2) is 48.6 Å². The van der Waals surface area contributed by atoms with Crippen LogP contribution in [-0.2, 0) is 32.7 Å². The Labute approximate surface area is 368 Å². The maximum Gasteiger partial charge on any atom is 0.472 e. The highest BCUT2D eigenvalue weighted by molar-refractivity contribution is 7.47. The van der Waals surface area contributed by atoms with Crippen molar-refractivity contribution in [3.8, 4) is 0 Å². The number of phosphoric acid groups is 1. The molecule has 0 spiro atoms. The molecule has 0 saturated heterocycles. The van der Waals surface area contributed by atoms with Crippen LogP contribution in [0, 0.1) is 0 Å². The zero-order valence-corrected chi connectivity index (χ0v) is 39.6. The Bertz CT molecular complexity index is 1120. The monoisotopic (exact) mass is 866 g/mol. The van der Waals surface area contributed by atoms with E-state index >= 15 is 0 Å². The van der Waals surface area contributed by atoms with E-state index in [0.717, 1.165) is 64.2 Å². The van der Waals surface area contributed by atoms with Crippen LogP contribution in [0.3, 0.4) is 0 Å². The average Bonchev–Trinajstić information content (AvgIpc) is 3.24. The molecule has 0 aromatic carbocycles. The van der Waals surface area contributed by atoms with Gasteiger partial charge >= 0.3 is 19.8 Å². The lowest BCUT2D eigenvalue weighted by molar-refractivity contribution is -0.161. The van der Waals surface area contributed by atoms with E-state index < -0.39 is 26.5 Å². The van der Waals surface area contributed by atoms with Crippen LogP contribution in [0.25, 0.3) is 0 Å². The molecule has 0 aromatic heterocycles. The van der Waals surface area contributed by atoms with Crippen LogP contribution in [0.4, 0.5) is 0 Å². The molecule has 0 aliphatic heterocycles. The van der Waals surface area contributed by atoms with Crippen molar-refractivity contribution in [1.29, 1.82) is 0 Å². The first-order valence-corrected chi connectivity index (χ1v) is 26.1. The summed E-state index contributed by atoms with van der Waals surface area (Å²) in [5.41, 5.74) is 5.36. The first-order valence-electron chi connectivity index (χ1n) is 24.6. The molecule has 2 atom stereocenters. The largest absolute Gasteiger partial charge is 0.472 e. The topological polar surface area (TPSA) is 134 Å². The average molecular weight is 866 g/mol. The zero-order valence-electron chi connectivity index (χ0n) is 38.7. The van der Waals surface area contributed by atoms with Crippen molar-refractivity contribution in [2.24, 2.45) is 5.73 Å². The molecule has 3 N–H and O–H groups in total. The second kappa shape index (κ2) is 46.5. The predicted octanol–water partition coefficient (Wildman–Crippen LogP) is 14.7. The maximum absolute atomic E-state index is 12.6. The lowest BCUT2D eigenvalue weighted by Gasteiger charge is -2.19. The fraction of sp³-hybridized carbons (Fsp3) is 0.800. The highest BCUT2D eigenvalue weighted by Gasteiger charge is 2.26. The van der Waals surface area contributed by atoms with Crippen molar-refractivity contribution in [3.63, 3.8) is 0 Å². The summed E-state index contributed by atoms with van der Waals surface area (Å²) in [6, 6.07) is 0. The van der Waals surface area contributed by atoms with Gasteiger partial charge in [-0.15, -0.1) is 0 Å². The van der Waals surface area contributed by atoms with E-state index in [1.165, 1.54) is 128 Å². The van der Waals surface area contributed by atoms with Gasteiger partial charge < -0.3 is 20.1 Å². The first kappa shape index (κ1) is 58.0. The molecule has 0 radical (unpaired) electrons. The number of carbonyl (C=O) groups excluding carboxylic acids is 2. The molecule has 0 rings (SSSR count). The summed E-state index contributed by atoms with van der Waals surface area (Å²) in [4.78, 5) is 35.0. The van der Waals surface area contributed by atoms with Gasteiger partial charge in [-0.05, 0) is 51.4 Å². The van der Waals surface area contributed by atoms with Gasteiger partial charge in [0, 0.05) is 19.4 Å². The molecule has 60 heavy (non-hydrogen) atoms. The molecule has 0 fully saturated rings. The number of unbranched alkanes of at least 4 members (excludes halogenated alkanes) is 25. The standard InChI is InChI=1S/C50H92NO8P/c1-3-5-7-9-11-13-15-17-19-21-22-23-24-25-27-28-30-32-34-36-38-40-42-49(52)56-46-48(47-58-60(54,55)57-45-44-51)59-50(53)43-41-39-37-35-33-31-29-26-20-18-16-14-12-10-8-6-4-2/h8,10,14,16,20,26,31,33,48H,3-7,9,11-13,15,17-19,21-25,27-30,32,34-47,51H2,1-2H3,(H,54,55)/b10-8+,16-14+,26-20+,33-31+/t48-/m1/s1. The Balaban J connectivity index is 4.07. The van der Waals surface area contributed by atoms with E-state index in [-0.39, 0.29) is 38.6 Å². The lowest BCUT2D eigenvalue weighted by Crippen LogP contribution is -2.29. The molecule has 350 valence electrons. The summed E-state index contributed by atoms with van der Waals surface area (Å²) in [6.45, 7) is 3.65. The van der Waals surface area contributed by atoms with Gasteiger partial charge in [-0.1, -0.05) is 210 Å². The Morgan fingerprint density at radius 1 is 0.500 bits per heavy atom. The molecule has 0 amide bonds. The predicted molar refractivity (Wildman–Crippen MR) is 252 cm³/mol. The number of phosphoric ester groups is 1. The van der Waals surface area contributed by atoms with Gasteiger partial charge in [0.2, 0.25) is 0 Å². The Morgan fingerprint density at radius 3 is 1.35 bits per heavy atom. The minimum Gasteiger partial charge on any atom is -0.462 e. The summed E-state index contributed by atoms with van der Waals surface area (Å²) >= 11 is 0. The van der Waals surface area contributed by atoms with Crippen molar-refractivity contribution in [2.75, 3.05) is 26.4 Å². The van der Waals surface area contributed by atoms with Gasteiger partial charge in [-0.25, -0.2) is 4.57 Å². The quantitative estimate of drug-likeness (QED) is 0.0265. The number of carbonyl (C=O) groups is 2. The zero-order chi connectivity index (χ0) is 43.9. The van der Waals surface area contributed by atoms with Crippen LogP contribution >= 0.6 is 7.82 Å². The summed E-state index contributed by atoms with van der Waals surface area (Å²) in [5, 5.41) is 0. The van der Waals surface area contributed by atoms with E-state index in [2.05, 4.69) is 62.5 Å². The second-order valence-corrected chi connectivity index (χ2v) is 17.8. The fourth-order valence-corrected chi connectivity index (χ4v) is 7.57. The van der Waals surface area contributed by atoms with Crippen molar-refractivity contribution in [2.45, 2.75) is 232 Å². The molecule has 9 nitrogen and oxygen atoms in total. The normalized spacial score (nSPS) is 13.6. The van der Waals surface area contributed by atoms with Crippen LogP contribution in [0.2, 0.25) is 0 Å². The van der Waals surface area contributed by atoms with Crippen molar-refractivity contribution < 1.29 is 37.6 Å². The molecule has 10 heteroatoms. The summed E-state index contributed by atoms with van der Waals surface area (Å²) < 4.78 is 32.8. The molecule has 0 bridgehead atoms. The van der Waals surface area contributed by atoms with Gasteiger partial charge in [-0.2, -0.15) is 0 Å². The molecule has 0 heterocycles. The van der Waals surface area contributed by atoms with Gasteiger partial charge in [0.15, 0.2) is 6.10 Å². The van der Waals surface area contributed by atoms with E-state index in [1.54, 1.807) is 0 Å². The van der Waals surface area contributed by atoms with E-state index in [1.807, 2.05) is 0 Å². The van der Waals surface area contributed by atoms with E-state index in [0.29, 0.717) is 6.42 Å². The summed E-state index contributed by atoms with van der Waals surface area (Å²) in [6.07, 6.45) is 54.4. The van der Waals surface area contributed by atoms with E-state index in [4.69, 9.17) is 24.3 Å². The third kappa shape index (κ3) is 45.5. The number of rotatable bonds is 46. The first-order chi connectivity index (χ1) is 29.3. The number of nitrogens with two attached hydrogens (primary N) is 1. The third-order valence-corrected chi connectivity index (χ3v) is 11.4. The Kier molecular flexibility index (Phi) is 44.9. The van der Waals surface area contributed by atoms with Gasteiger partial charge in [0.1, 0.15) is 6.61 Å². The molecular weight excluding hydrogens is 774 g/mol. The van der Waals surface area contributed by atoms with Gasteiger partial charge in [0.25, 0.3) is 0 Å². The number of esters is 2. The van der Waals surface area contributed by atoms with Crippen molar-refractivity contribution in [1.82, 2.24) is 0 Å². The summed E-state index contributed by atoms with van der Waals surface area (Å²) in [7, 11) is -4.39. The molecule has 0 saturated carbocycles. The molecule has 0 aliphatic carbocycles. The number of hydrogen-bond donors (Lipinski definition) is 2. The number of ether oxygens (including phenoxy) is 2. The molecule has 1 unspecified atom stereocenters. The highest BCUT2D eigenvalue weighted by atomic mass is 31.2. The lowest BCUT2D eigenvalue weighted by atomic mass is 10.0. The minimum absolute atomic E-state index is 0.0475. The number of allylic oxidation sites excluding steroid dienone is 8. The highest BCUT2D eigenvalue weighted by Crippen LogP contribution is 2.43. The second-order valence-electron chi connectivity index (χ2n) is 16.3. The van der Waals surface area contributed by atoms with Crippen molar-refractivity contribution in [3.05, 3.63) is 48.6 Å². The Morgan fingerprint density at radius 2 is 0.900 bits per heavy atom. The Hall–Kier alpha value is -2.03. The van der Waals surface area contributed by atoms with Crippen LogP contribution in [-0.4, -0.2) is 49.3 Å². The minimum atomic E-state index is -4.39. The van der Waals surface area contributed by atoms with E-state index in [9.17, 15) is 19.0 Å². The SMILES string of the molecule is CCC/C=C/C/C=C/C/C=C/C/C=C/CCCCCC(=O)O[C@H](COC(=O)CCCCCCCCCCCCCCCCCCCCCCCC)COP(=O)(O)OCCN. The van der Waals surface area contributed by atoms with Gasteiger partial charge in [0.05, 0.1) is 13.2 Å². The summed E-state index contributed by atoms with van der Waals surface area (Å²) in [5.74, 6) is -0.858. The molecule has 0 aliphatic rings. The van der Waals surface area contributed by atoms with Crippen LogP contribution in [0.5, 0.6) is 0 Å². The molecule has 0 aromatic rings. The smallest absolute Gasteiger partial charge is 0.462 e. The maximum atomic E-state index is 12.6. The number of hydrogen-bond acceptors (Lipinski definition) is 8. The molecular formula is C50H92NO8P. The van der Waals surface area contributed by atoms with Gasteiger partial charge in [-0.3, -0.25) is 18.6 Å². The van der Waals surface area contributed by atoms with Crippen LogP contribution < -0.4 is 5.73 Å². The fourth-order valence-electron chi connectivity index (χ4n) is 6.80. The van der Waals surface area contributed by atoms with Crippen LogP contribution in [0.1, 0.15) is 226 Å². The van der Waals surface area contributed by atoms with Crippen molar-refractivity contribution >= 4 is 19.8 Å². The third-order valence-electron chi connectivity index (χ3n) is 10.4.